The second-order valence-electron chi connectivity index (χ2n) is 9.84. The minimum atomic E-state index is -0.996. The predicted octanol–water partition coefficient (Wildman–Crippen LogP) is 4.90. The van der Waals surface area contributed by atoms with Crippen LogP contribution in [0.5, 0.6) is 0 Å². The van der Waals surface area contributed by atoms with Gasteiger partial charge in [-0.3, -0.25) is 9.69 Å². The molecule has 6 heteroatoms. The summed E-state index contributed by atoms with van der Waals surface area (Å²) >= 11 is 0. The van der Waals surface area contributed by atoms with E-state index < -0.39 is 17.9 Å². The molecule has 38 heavy (non-hydrogen) atoms. The predicted molar refractivity (Wildman–Crippen MR) is 143 cm³/mol. The molecule has 5 nitrogen and oxygen atoms in total. The molecule has 1 amide bonds. The molecular weight excluding hydrogens is 479 g/mol. The van der Waals surface area contributed by atoms with E-state index in [2.05, 4.69) is 16.7 Å². The van der Waals surface area contributed by atoms with Crippen molar-refractivity contribution in [3.63, 3.8) is 0 Å². The third kappa shape index (κ3) is 5.11. The van der Waals surface area contributed by atoms with Crippen molar-refractivity contribution < 1.29 is 19.1 Å². The fourth-order valence-electron chi connectivity index (χ4n) is 5.66. The first-order valence-corrected chi connectivity index (χ1v) is 12.7. The van der Waals surface area contributed by atoms with Gasteiger partial charge >= 0.3 is 5.97 Å². The number of hydrogen-bond acceptors (Lipinski definition) is 3. The first-order valence-electron chi connectivity index (χ1n) is 12.7. The normalized spacial score (nSPS) is 20.2. The molecular formula is C32H29FN2O3. The van der Waals surface area contributed by atoms with Crippen LogP contribution in [0.25, 0.3) is 0 Å². The third-order valence-electron chi connectivity index (χ3n) is 7.51. The summed E-state index contributed by atoms with van der Waals surface area (Å²) < 4.78 is 13.2. The molecule has 1 N–H and O–H groups in total. The topological polar surface area (TPSA) is 60.9 Å². The van der Waals surface area contributed by atoms with Crippen molar-refractivity contribution in [2.75, 3.05) is 13.6 Å². The number of halogens is 1. The fraction of sp³-hybridized carbons (Fsp3) is 0.250. The van der Waals surface area contributed by atoms with E-state index in [1.807, 2.05) is 73.8 Å². The lowest BCUT2D eigenvalue weighted by Gasteiger charge is -2.51. The molecule has 192 valence electrons. The molecule has 3 aromatic rings. The van der Waals surface area contributed by atoms with E-state index in [1.54, 1.807) is 12.1 Å². The van der Waals surface area contributed by atoms with Crippen LogP contribution in [0.4, 0.5) is 4.39 Å². The number of benzene rings is 3. The van der Waals surface area contributed by atoms with Crippen LogP contribution in [0.1, 0.15) is 35.4 Å². The van der Waals surface area contributed by atoms with Gasteiger partial charge in [-0.05, 0) is 48.9 Å². The molecule has 2 aliphatic heterocycles. The van der Waals surface area contributed by atoms with E-state index in [-0.39, 0.29) is 23.7 Å². The van der Waals surface area contributed by atoms with Crippen LogP contribution in [-0.2, 0) is 9.59 Å². The Morgan fingerprint density at radius 1 is 1.00 bits per heavy atom. The SMILES string of the molecule is CN(CC#Cc1ccc(F)cc1)C1CC2=CC[C@H]1[C@@H](C(=O)O)N2C(=O)C(c1ccccc1)c1ccccc1. The van der Waals surface area contributed by atoms with E-state index >= 15 is 0 Å². The molecule has 3 aliphatic rings. The molecule has 1 saturated heterocycles. The molecule has 2 heterocycles. The summed E-state index contributed by atoms with van der Waals surface area (Å²) in [5.41, 5.74) is 3.14. The van der Waals surface area contributed by atoms with Crippen molar-refractivity contribution in [1.82, 2.24) is 9.80 Å². The van der Waals surface area contributed by atoms with Crippen molar-refractivity contribution in [1.29, 1.82) is 0 Å². The van der Waals surface area contributed by atoms with Crippen molar-refractivity contribution in [3.05, 3.63) is 119 Å². The minimum absolute atomic E-state index is 0.0606. The molecule has 0 saturated carbocycles. The van der Waals surface area contributed by atoms with Gasteiger partial charge in [0.1, 0.15) is 11.9 Å². The minimum Gasteiger partial charge on any atom is -0.480 e. The number of amides is 1. The summed E-state index contributed by atoms with van der Waals surface area (Å²) in [5.74, 6) is 3.78. The highest BCUT2D eigenvalue weighted by Gasteiger charge is 2.51. The monoisotopic (exact) mass is 508 g/mol. The number of fused-ring (bicyclic) bond motifs is 3. The van der Waals surface area contributed by atoms with Crippen LogP contribution in [0.3, 0.4) is 0 Å². The van der Waals surface area contributed by atoms with Gasteiger partial charge in [0.15, 0.2) is 0 Å². The molecule has 1 aliphatic carbocycles. The zero-order chi connectivity index (χ0) is 26.6. The van der Waals surface area contributed by atoms with E-state index in [0.29, 0.717) is 19.4 Å². The van der Waals surface area contributed by atoms with Gasteiger partial charge in [-0.15, -0.1) is 0 Å². The quantitative estimate of drug-likeness (QED) is 0.482. The molecule has 1 unspecified atom stereocenters. The summed E-state index contributed by atoms with van der Waals surface area (Å²) in [7, 11) is 1.94. The Balaban J connectivity index is 1.40. The summed E-state index contributed by atoms with van der Waals surface area (Å²) in [6, 6.07) is 24.1. The fourth-order valence-corrected chi connectivity index (χ4v) is 5.66. The highest BCUT2D eigenvalue weighted by molar-refractivity contribution is 5.93. The van der Waals surface area contributed by atoms with Crippen molar-refractivity contribution >= 4 is 11.9 Å². The lowest BCUT2D eigenvalue weighted by Crippen LogP contribution is -2.61. The van der Waals surface area contributed by atoms with E-state index in [1.165, 1.54) is 17.0 Å². The number of carbonyl (C=O) groups is 2. The number of hydrogen-bond donors (Lipinski definition) is 1. The van der Waals surface area contributed by atoms with Crippen molar-refractivity contribution in [2.45, 2.75) is 30.8 Å². The van der Waals surface area contributed by atoms with Crippen LogP contribution < -0.4 is 0 Å². The molecule has 3 aromatic carbocycles. The Labute approximate surface area is 222 Å². The van der Waals surface area contributed by atoms with Crippen LogP contribution in [0.2, 0.25) is 0 Å². The zero-order valence-corrected chi connectivity index (χ0v) is 21.1. The molecule has 1 fully saturated rings. The van der Waals surface area contributed by atoms with E-state index in [4.69, 9.17) is 0 Å². The Bertz CT molecular complexity index is 1350. The number of nitrogens with zero attached hydrogens (tertiary/aromatic N) is 2. The zero-order valence-electron chi connectivity index (χ0n) is 21.1. The lowest BCUT2D eigenvalue weighted by atomic mass is 9.74. The smallest absolute Gasteiger partial charge is 0.327 e. The highest BCUT2D eigenvalue weighted by atomic mass is 19.1. The molecule has 0 aromatic heterocycles. The first kappa shape index (κ1) is 25.4. The molecule has 0 spiro atoms. The second kappa shape index (κ2) is 11.0. The van der Waals surface area contributed by atoms with Gasteiger partial charge in [-0.2, -0.15) is 0 Å². The number of rotatable bonds is 6. The van der Waals surface area contributed by atoms with Crippen LogP contribution in [0.15, 0.2) is 96.7 Å². The summed E-state index contributed by atoms with van der Waals surface area (Å²) in [5, 5.41) is 10.4. The number of carboxylic acid groups (broad SMARTS) is 1. The Hall–Kier alpha value is -4.21. The summed E-state index contributed by atoms with van der Waals surface area (Å²) in [6.07, 6.45) is 3.19. The second-order valence-corrected chi connectivity index (χ2v) is 9.84. The number of piperidine rings is 1. The number of allylic oxidation sites excluding steroid dienone is 1. The highest BCUT2D eigenvalue weighted by Crippen LogP contribution is 2.43. The number of carboxylic acids is 1. The maximum Gasteiger partial charge on any atom is 0.327 e. The van der Waals surface area contributed by atoms with Crippen LogP contribution in [0, 0.1) is 23.6 Å². The molecule has 0 radical (unpaired) electrons. The average Bonchev–Trinajstić information content (AvgIpc) is 2.95. The Morgan fingerprint density at radius 3 is 2.18 bits per heavy atom. The maximum atomic E-state index is 14.2. The van der Waals surface area contributed by atoms with Gasteiger partial charge in [0.2, 0.25) is 5.91 Å². The van der Waals surface area contributed by atoms with Crippen LogP contribution >= 0.6 is 0 Å². The molecule has 3 atom stereocenters. The van der Waals surface area contributed by atoms with Gasteiger partial charge in [-0.1, -0.05) is 78.6 Å². The van der Waals surface area contributed by atoms with Gasteiger partial charge in [0, 0.05) is 29.6 Å². The van der Waals surface area contributed by atoms with Gasteiger partial charge in [0.25, 0.3) is 0 Å². The largest absolute Gasteiger partial charge is 0.480 e. The molecule has 6 rings (SSSR count). The third-order valence-corrected chi connectivity index (χ3v) is 7.51. The average molecular weight is 509 g/mol. The summed E-state index contributed by atoms with van der Waals surface area (Å²) in [6.45, 7) is 0.433. The summed E-state index contributed by atoms with van der Waals surface area (Å²) in [4.78, 5) is 30.4. The van der Waals surface area contributed by atoms with Crippen LogP contribution in [-0.4, -0.2) is 52.5 Å². The van der Waals surface area contributed by atoms with E-state index in [9.17, 15) is 19.1 Å². The standard InChI is InChI=1S/C32H29FN2O3/c1-34(20-8-9-22-14-16-25(33)17-15-22)28-21-26-18-19-27(28)30(32(37)38)35(26)31(36)29(23-10-4-2-5-11-23)24-12-6-3-7-13-24/h2-7,10-18,27-30H,19-21H2,1H3,(H,37,38)/t27-,28?,30+/m1/s1. The number of aliphatic carboxylic acids is 1. The lowest BCUT2D eigenvalue weighted by molar-refractivity contribution is -0.155. The maximum absolute atomic E-state index is 14.2. The van der Waals surface area contributed by atoms with Gasteiger partial charge in [-0.25, -0.2) is 9.18 Å². The number of carbonyl (C=O) groups excluding carboxylic acids is 1. The van der Waals surface area contributed by atoms with Crippen molar-refractivity contribution in [2.24, 2.45) is 5.92 Å². The van der Waals surface area contributed by atoms with Gasteiger partial charge < -0.3 is 10.0 Å². The Kier molecular flexibility index (Phi) is 7.39. The van der Waals surface area contributed by atoms with Crippen molar-refractivity contribution in [3.8, 4) is 11.8 Å². The van der Waals surface area contributed by atoms with E-state index in [0.717, 1.165) is 22.4 Å². The first-order chi connectivity index (χ1) is 18.4. The van der Waals surface area contributed by atoms with Gasteiger partial charge in [0.05, 0.1) is 12.5 Å². The Morgan fingerprint density at radius 2 is 1.61 bits per heavy atom. The molecule has 2 bridgehead atoms.